The maximum absolute atomic E-state index is 6.18. The molecule has 1 aromatic carbocycles. The van der Waals surface area contributed by atoms with E-state index in [0.29, 0.717) is 11.8 Å². The monoisotopic (exact) mass is 287 g/mol. The summed E-state index contributed by atoms with van der Waals surface area (Å²) in [4.78, 5) is 8.93. The Bertz CT molecular complexity index is 622. The molecule has 2 atom stereocenters. The predicted molar refractivity (Wildman–Crippen MR) is 82.7 cm³/mol. The first-order chi connectivity index (χ1) is 10.2. The van der Waals surface area contributed by atoms with E-state index >= 15 is 0 Å². The molecule has 1 N–H and O–H groups in total. The molecule has 0 bridgehead atoms. The lowest BCUT2D eigenvalue weighted by Crippen LogP contribution is -2.35. The van der Waals surface area contributed by atoms with Crippen molar-refractivity contribution in [1.29, 1.82) is 0 Å². The minimum Gasteiger partial charge on any atom is -0.474 e. The second kappa shape index (κ2) is 5.85. The first-order valence-electron chi connectivity index (χ1n) is 7.42. The summed E-state index contributed by atoms with van der Waals surface area (Å²) >= 11 is 0. The second-order valence-electron chi connectivity index (χ2n) is 5.59. The van der Waals surface area contributed by atoms with Gasteiger partial charge in [0.1, 0.15) is 6.10 Å². The number of hydrogen-bond donors (Lipinski definition) is 1. The maximum atomic E-state index is 6.18. The fourth-order valence-corrected chi connectivity index (χ4v) is 2.85. The van der Waals surface area contributed by atoms with E-state index in [2.05, 4.69) is 29.1 Å². The van der Waals surface area contributed by atoms with Gasteiger partial charge >= 0.3 is 0 Å². The van der Waals surface area contributed by atoms with Gasteiger partial charge in [-0.05, 0) is 26.0 Å². The van der Waals surface area contributed by atoms with Gasteiger partial charge in [0.15, 0.2) is 0 Å². The number of rotatable bonds is 3. The third-order valence-electron chi connectivity index (χ3n) is 3.72. The number of ether oxygens (including phenoxy) is 2. The highest BCUT2D eigenvalue weighted by Gasteiger charge is 2.26. The molecule has 0 amide bonds. The molecule has 2 heterocycles. The largest absolute Gasteiger partial charge is 0.474 e. The SMILES string of the molecule is CNc1nc(OC2CC(C)OC(C)C2)c2ccccc2n1. The van der Waals surface area contributed by atoms with Gasteiger partial charge in [0, 0.05) is 19.9 Å². The number of aromatic nitrogens is 2. The van der Waals surface area contributed by atoms with E-state index in [1.807, 2.05) is 31.3 Å². The van der Waals surface area contributed by atoms with Crippen LogP contribution in [0.4, 0.5) is 5.95 Å². The van der Waals surface area contributed by atoms with Crippen molar-refractivity contribution in [3.05, 3.63) is 24.3 Å². The summed E-state index contributed by atoms with van der Waals surface area (Å²) in [6, 6.07) is 7.92. The molecule has 1 aliphatic heterocycles. The summed E-state index contributed by atoms with van der Waals surface area (Å²) < 4.78 is 11.9. The molecule has 0 radical (unpaired) electrons. The first kappa shape index (κ1) is 14.1. The third kappa shape index (κ3) is 3.08. The Morgan fingerprint density at radius 3 is 2.57 bits per heavy atom. The Labute approximate surface area is 124 Å². The van der Waals surface area contributed by atoms with E-state index in [1.54, 1.807) is 0 Å². The highest BCUT2D eigenvalue weighted by atomic mass is 16.5. The van der Waals surface area contributed by atoms with Crippen LogP contribution in [0.3, 0.4) is 0 Å². The number of fused-ring (bicyclic) bond motifs is 1. The molecular formula is C16H21N3O2. The minimum absolute atomic E-state index is 0.131. The zero-order chi connectivity index (χ0) is 14.8. The highest BCUT2D eigenvalue weighted by molar-refractivity contribution is 5.84. The van der Waals surface area contributed by atoms with Crippen LogP contribution < -0.4 is 10.1 Å². The lowest BCUT2D eigenvalue weighted by atomic mass is 10.0. The van der Waals surface area contributed by atoms with Crippen molar-refractivity contribution < 1.29 is 9.47 Å². The molecule has 2 aromatic rings. The molecule has 0 aliphatic carbocycles. The lowest BCUT2D eigenvalue weighted by Gasteiger charge is -2.32. The Kier molecular flexibility index (Phi) is 3.92. The molecule has 21 heavy (non-hydrogen) atoms. The summed E-state index contributed by atoms with van der Waals surface area (Å²) in [7, 11) is 1.81. The number of hydrogen-bond acceptors (Lipinski definition) is 5. The van der Waals surface area contributed by atoms with Gasteiger partial charge in [0.2, 0.25) is 11.8 Å². The third-order valence-corrected chi connectivity index (χ3v) is 3.72. The Balaban J connectivity index is 1.92. The van der Waals surface area contributed by atoms with Crippen molar-refractivity contribution in [1.82, 2.24) is 9.97 Å². The number of nitrogens with zero attached hydrogens (tertiary/aromatic N) is 2. The molecule has 5 nitrogen and oxygen atoms in total. The van der Waals surface area contributed by atoms with Crippen LogP contribution in [0.1, 0.15) is 26.7 Å². The van der Waals surface area contributed by atoms with Crippen molar-refractivity contribution >= 4 is 16.9 Å². The number of nitrogens with one attached hydrogen (secondary N) is 1. The van der Waals surface area contributed by atoms with E-state index < -0.39 is 0 Å². The van der Waals surface area contributed by atoms with Crippen LogP contribution in [-0.2, 0) is 4.74 Å². The van der Waals surface area contributed by atoms with Crippen molar-refractivity contribution in [3.8, 4) is 5.88 Å². The average molecular weight is 287 g/mol. The van der Waals surface area contributed by atoms with E-state index in [4.69, 9.17) is 9.47 Å². The molecule has 1 saturated heterocycles. The van der Waals surface area contributed by atoms with Crippen LogP contribution in [0.2, 0.25) is 0 Å². The van der Waals surface area contributed by atoms with Crippen LogP contribution >= 0.6 is 0 Å². The van der Waals surface area contributed by atoms with Crippen LogP contribution in [-0.4, -0.2) is 35.3 Å². The molecule has 1 aliphatic rings. The molecule has 1 fully saturated rings. The van der Waals surface area contributed by atoms with Gasteiger partial charge in [-0.25, -0.2) is 4.98 Å². The quantitative estimate of drug-likeness (QED) is 0.940. The zero-order valence-electron chi connectivity index (χ0n) is 12.7. The van der Waals surface area contributed by atoms with Gasteiger partial charge < -0.3 is 14.8 Å². The smallest absolute Gasteiger partial charge is 0.226 e. The standard InChI is InChI=1S/C16H21N3O2/c1-10-8-12(9-11(2)20-10)21-15-13-6-4-5-7-14(13)18-16(17-3)19-15/h4-7,10-12H,8-9H2,1-3H3,(H,17,18,19). The maximum Gasteiger partial charge on any atom is 0.226 e. The van der Waals surface area contributed by atoms with Crippen molar-refractivity contribution in [2.45, 2.75) is 45.0 Å². The van der Waals surface area contributed by atoms with Crippen LogP contribution in [0.5, 0.6) is 5.88 Å². The number of benzene rings is 1. The predicted octanol–water partition coefficient (Wildman–Crippen LogP) is 3.01. The highest BCUT2D eigenvalue weighted by Crippen LogP contribution is 2.28. The first-order valence-corrected chi connectivity index (χ1v) is 7.42. The zero-order valence-corrected chi connectivity index (χ0v) is 12.7. The lowest BCUT2D eigenvalue weighted by molar-refractivity contribution is -0.0726. The fraction of sp³-hybridized carbons (Fsp3) is 0.500. The Hall–Kier alpha value is -1.88. The second-order valence-corrected chi connectivity index (χ2v) is 5.59. The number of para-hydroxylation sites is 1. The van der Waals surface area contributed by atoms with E-state index in [-0.39, 0.29) is 18.3 Å². The summed E-state index contributed by atoms with van der Waals surface area (Å²) in [5, 5.41) is 3.93. The summed E-state index contributed by atoms with van der Waals surface area (Å²) in [5.41, 5.74) is 0.889. The van der Waals surface area contributed by atoms with Crippen LogP contribution in [0.25, 0.3) is 10.9 Å². The number of anilines is 1. The molecule has 0 saturated carbocycles. The van der Waals surface area contributed by atoms with Gasteiger partial charge in [-0.3, -0.25) is 0 Å². The normalized spacial score (nSPS) is 25.8. The van der Waals surface area contributed by atoms with Crippen LogP contribution in [0, 0.1) is 0 Å². The molecular weight excluding hydrogens is 266 g/mol. The molecule has 0 spiro atoms. The molecule has 3 rings (SSSR count). The van der Waals surface area contributed by atoms with Crippen molar-refractivity contribution in [2.24, 2.45) is 0 Å². The van der Waals surface area contributed by atoms with Gasteiger partial charge in [-0.15, -0.1) is 0 Å². The van der Waals surface area contributed by atoms with E-state index in [1.165, 1.54) is 0 Å². The molecule has 112 valence electrons. The summed E-state index contributed by atoms with van der Waals surface area (Å²) in [6.07, 6.45) is 2.34. The molecule has 2 unspecified atom stereocenters. The van der Waals surface area contributed by atoms with Crippen LogP contribution in [0.15, 0.2) is 24.3 Å². The summed E-state index contributed by atoms with van der Waals surface area (Å²) in [6.45, 7) is 4.17. The molecule has 1 aromatic heterocycles. The summed E-state index contributed by atoms with van der Waals surface area (Å²) in [5.74, 6) is 1.23. The average Bonchev–Trinajstić information content (AvgIpc) is 2.46. The molecule has 5 heteroatoms. The van der Waals surface area contributed by atoms with Gasteiger partial charge in [-0.2, -0.15) is 4.98 Å². The fourth-order valence-electron chi connectivity index (χ4n) is 2.85. The van der Waals surface area contributed by atoms with E-state index in [9.17, 15) is 0 Å². The van der Waals surface area contributed by atoms with Crippen molar-refractivity contribution in [3.63, 3.8) is 0 Å². The topological polar surface area (TPSA) is 56.3 Å². The Morgan fingerprint density at radius 2 is 1.86 bits per heavy atom. The van der Waals surface area contributed by atoms with Gasteiger partial charge in [0.25, 0.3) is 0 Å². The van der Waals surface area contributed by atoms with E-state index in [0.717, 1.165) is 23.7 Å². The minimum atomic E-state index is 0.131. The Morgan fingerprint density at radius 1 is 1.14 bits per heavy atom. The van der Waals surface area contributed by atoms with Gasteiger partial charge in [0.05, 0.1) is 23.1 Å². The van der Waals surface area contributed by atoms with Gasteiger partial charge in [-0.1, -0.05) is 12.1 Å². The van der Waals surface area contributed by atoms with Crippen molar-refractivity contribution in [2.75, 3.05) is 12.4 Å².